The molecule has 2 aromatic rings. The lowest BCUT2D eigenvalue weighted by molar-refractivity contribution is 0.317. The number of ether oxygens (including phenoxy) is 1. The van der Waals surface area contributed by atoms with E-state index in [1.165, 1.54) is 18.4 Å². The van der Waals surface area contributed by atoms with Gasteiger partial charge in [-0.1, -0.05) is 31.6 Å². The largest absolute Gasteiger partial charge is 0.504 e. The highest BCUT2D eigenvalue weighted by molar-refractivity contribution is 5.83. The summed E-state index contributed by atoms with van der Waals surface area (Å²) in [5.74, 6) is 0.664. The van der Waals surface area contributed by atoms with Gasteiger partial charge in [-0.2, -0.15) is 0 Å². The number of unbranched alkanes of at least 4 members (excludes halogenated alkanes) is 1. The highest BCUT2D eigenvalue weighted by atomic mass is 16.5. The molecule has 132 valence electrons. The van der Waals surface area contributed by atoms with Crippen molar-refractivity contribution in [3.05, 3.63) is 65.7 Å². The van der Waals surface area contributed by atoms with Gasteiger partial charge >= 0.3 is 0 Å². The Morgan fingerprint density at radius 3 is 2.56 bits per heavy atom. The number of nitrogens with zero attached hydrogens (tertiary/aromatic N) is 1. The van der Waals surface area contributed by atoms with Gasteiger partial charge in [-0.05, 0) is 61.6 Å². The van der Waals surface area contributed by atoms with E-state index in [4.69, 9.17) is 4.74 Å². The number of phenolic OH excluding ortho intramolecular Hbond substituents is 1. The predicted octanol–water partition coefficient (Wildman–Crippen LogP) is 5.61. The molecule has 0 aliphatic heterocycles. The van der Waals surface area contributed by atoms with E-state index in [-0.39, 0.29) is 5.75 Å². The van der Waals surface area contributed by atoms with Gasteiger partial charge in [-0.25, -0.2) is 0 Å². The fraction of sp³-hybridized carbons (Fsp3) is 0.318. The molecule has 3 nitrogen and oxygen atoms in total. The Hall–Kier alpha value is -2.55. The van der Waals surface area contributed by atoms with E-state index in [2.05, 4.69) is 30.6 Å². The molecule has 0 bridgehead atoms. The molecule has 0 saturated carbocycles. The lowest BCUT2D eigenvalue weighted by Gasteiger charge is -2.10. The summed E-state index contributed by atoms with van der Waals surface area (Å²) in [6.07, 6.45) is 7.68. The molecule has 3 heteroatoms. The second kappa shape index (κ2) is 9.67. The Balaban J connectivity index is 2.20. The van der Waals surface area contributed by atoms with E-state index in [9.17, 15) is 5.11 Å². The van der Waals surface area contributed by atoms with Crippen molar-refractivity contribution in [2.24, 2.45) is 4.99 Å². The van der Waals surface area contributed by atoms with Gasteiger partial charge in [0.2, 0.25) is 0 Å². The van der Waals surface area contributed by atoms with Crippen molar-refractivity contribution in [1.82, 2.24) is 0 Å². The maximum Gasteiger partial charge on any atom is 0.161 e. The van der Waals surface area contributed by atoms with Crippen LogP contribution in [-0.2, 0) is 12.8 Å². The fourth-order valence-corrected chi connectivity index (χ4v) is 2.62. The highest BCUT2D eigenvalue weighted by Gasteiger charge is 2.09. The zero-order valence-electron chi connectivity index (χ0n) is 15.2. The van der Waals surface area contributed by atoms with Gasteiger partial charge in [-0.15, -0.1) is 6.58 Å². The van der Waals surface area contributed by atoms with E-state index in [1.54, 1.807) is 12.3 Å². The van der Waals surface area contributed by atoms with Crippen LogP contribution in [0.15, 0.2) is 54.0 Å². The second-order valence-electron chi connectivity index (χ2n) is 5.98. The summed E-state index contributed by atoms with van der Waals surface area (Å²) in [6.45, 7) is 8.34. The molecule has 0 atom stereocenters. The Labute approximate surface area is 150 Å². The van der Waals surface area contributed by atoms with Gasteiger partial charge in [0.25, 0.3) is 0 Å². The first-order chi connectivity index (χ1) is 12.2. The molecular formula is C22H27NO2. The summed E-state index contributed by atoms with van der Waals surface area (Å²) in [4.78, 5) is 4.54. The molecule has 0 heterocycles. The molecule has 0 unspecified atom stereocenters. The molecule has 0 spiro atoms. The zero-order valence-corrected chi connectivity index (χ0v) is 15.2. The highest BCUT2D eigenvalue weighted by Crippen LogP contribution is 2.32. The van der Waals surface area contributed by atoms with E-state index in [0.717, 1.165) is 23.2 Å². The van der Waals surface area contributed by atoms with Crippen LogP contribution >= 0.6 is 0 Å². The van der Waals surface area contributed by atoms with Crippen molar-refractivity contribution in [3.8, 4) is 11.5 Å². The van der Waals surface area contributed by atoms with Crippen LogP contribution in [0.2, 0.25) is 0 Å². The maximum absolute atomic E-state index is 10.2. The average Bonchev–Trinajstić information content (AvgIpc) is 2.63. The van der Waals surface area contributed by atoms with E-state index in [0.29, 0.717) is 18.8 Å². The zero-order chi connectivity index (χ0) is 18.1. The minimum atomic E-state index is 0.180. The van der Waals surface area contributed by atoms with Gasteiger partial charge in [0, 0.05) is 11.8 Å². The van der Waals surface area contributed by atoms with Crippen molar-refractivity contribution >= 4 is 11.9 Å². The van der Waals surface area contributed by atoms with Crippen molar-refractivity contribution < 1.29 is 9.84 Å². The standard InChI is InChI=1S/C22H27NO2/c1-4-7-9-17-10-12-20(13-11-17)23-16-18-14-19(8-5-2)22(24)21(15-18)25-6-3/h5,10-16,24H,2,4,6-9H2,1,3H3. The molecule has 1 N–H and O–H groups in total. The third-order valence-electron chi connectivity index (χ3n) is 3.96. The average molecular weight is 337 g/mol. The molecule has 2 aromatic carbocycles. The number of aryl methyl sites for hydroxylation is 1. The van der Waals surface area contributed by atoms with Crippen LogP contribution in [0.4, 0.5) is 5.69 Å². The summed E-state index contributed by atoms with van der Waals surface area (Å²) in [6, 6.07) is 12.1. The fourth-order valence-electron chi connectivity index (χ4n) is 2.62. The first-order valence-corrected chi connectivity index (χ1v) is 8.90. The van der Waals surface area contributed by atoms with Crippen molar-refractivity contribution in [1.29, 1.82) is 0 Å². The monoisotopic (exact) mass is 337 g/mol. The normalized spacial score (nSPS) is 11.0. The first-order valence-electron chi connectivity index (χ1n) is 8.90. The minimum Gasteiger partial charge on any atom is -0.504 e. The van der Waals surface area contributed by atoms with Crippen LogP contribution in [0.3, 0.4) is 0 Å². The van der Waals surface area contributed by atoms with Gasteiger partial charge < -0.3 is 9.84 Å². The molecule has 0 aliphatic rings. The first kappa shape index (κ1) is 18.8. The van der Waals surface area contributed by atoms with Crippen LogP contribution in [0.25, 0.3) is 0 Å². The summed E-state index contributed by atoms with van der Waals surface area (Å²) in [7, 11) is 0. The summed E-state index contributed by atoms with van der Waals surface area (Å²) in [5.41, 5.74) is 3.94. The van der Waals surface area contributed by atoms with E-state index < -0.39 is 0 Å². The van der Waals surface area contributed by atoms with Crippen molar-refractivity contribution in [2.45, 2.75) is 39.5 Å². The van der Waals surface area contributed by atoms with Crippen LogP contribution < -0.4 is 4.74 Å². The third-order valence-corrected chi connectivity index (χ3v) is 3.96. The van der Waals surface area contributed by atoms with Gasteiger partial charge in [0.15, 0.2) is 11.5 Å². The number of allylic oxidation sites excluding steroid dienone is 1. The lowest BCUT2D eigenvalue weighted by Crippen LogP contribution is -1.96. The predicted molar refractivity (Wildman–Crippen MR) is 105 cm³/mol. The molecular weight excluding hydrogens is 310 g/mol. The second-order valence-corrected chi connectivity index (χ2v) is 5.98. The quantitative estimate of drug-likeness (QED) is 0.477. The number of benzene rings is 2. The van der Waals surface area contributed by atoms with Crippen LogP contribution in [0.5, 0.6) is 11.5 Å². The summed E-state index contributed by atoms with van der Waals surface area (Å²) in [5, 5.41) is 10.2. The van der Waals surface area contributed by atoms with Crippen LogP contribution in [-0.4, -0.2) is 17.9 Å². The number of aromatic hydroxyl groups is 1. The van der Waals surface area contributed by atoms with Crippen LogP contribution in [0.1, 0.15) is 43.4 Å². The third kappa shape index (κ3) is 5.49. The van der Waals surface area contributed by atoms with Gasteiger partial charge in [-0.3, -0.25) is 4.99 Å². The SMILES string of the molecule is C=CCc1cc(C=Nc2ccc(CCCC)cc2)cc(OCC)c1O. The molecule has 0 aromatic heterocycles. The van der Waals surface area contributed by atoms with Gasteiger partial charge in [0.05, 0.1) is 12.3 Å². The summed E-state index contributed by atoms with van der Waals surface area (Å²) < 4.78 is 5.52. The van der Waals surface area contributed by atoms with Crippen LogP contribution in [0, 0.1) is 0 Å². The molecule has 0 amide bonds. The Morgan fingerprint density at radius 2 is 1.92 bits per heavy atom. The Bertz CT molecular complexity index is 718. The maximum atomic E-state index is 10.2. The molecule has 0 aliphatic carbocycles. The molecule has 0 radical (unpaired) electrons. The van der Waals surface area contributed by atoms with E-state index >= 15 is 0 Å². The number of aliphatic imine (C=N–C) groups is 1. The number of hydrogen-bond acceptors (Lipinski definition) is 3. The van der Waals surface area contributed by atoms with Crippen molar-refractivity contribution in [2.75, 3.05) is 6.61 Å². The molecule has 25 heavy (non-hydrogen) atoms. The van der Waals surface area contributed by atoms with Crippen molar-refractivity contribution in [3.63, 3.8) is 0 Å². The smallest absolute Gasteiger partial charge is 0.161 e. The lowest BCUT2D eigenvalue weighted by atomic mass is 10.1. The van der Waals surface area contributed by atoms with Gasteiger partial charge in [0.1, 0.15) is 0 Å². The minimum absolute atomic E-state index is 0.180. The molecule has 2 rings (SSSR count). The number of phenols is 1. The number of rotatable bonds is 9. The Morgan fingerprint density at radius 1 is 1.16 bits per heavy atom. The number of hydrogen-bond donors (Lipinski definition) is 1. The van der Waals surface area contributed by atoms with E-state index in [1.807, 2.05) is 31.2 Å². The Kier molecular flexibility index (Phi) is 7.27. The molecule has 0 fully saturated rings. The summed E-state index contributed by atoms with van der Waals surface area (Å²) >= 11 is 0. The molecule has 0 saturated heterocycles. The topological polar surface area (TPSA) is 41.8 Å².